The van der Waals surface area contributed by atoms with Gasteiger partial charge in [0.25, 0.3) is 5.91 Å². The van der Waals surface area contributed by atoms with Gasteiger partial charge in [0.15, 0.2) is 0 Å². The first-order chi connectivity index (χ1) is 12.5. The van der Waals surface area contributed by atoms with Crippen LogP contribution >= 0.6 is 0 Å². The molecule has 0 unspecified atom stereocenters. The van der Waals surface area contributed by atoms with E-state index in [9.17, 15) is 9.59 Å². The van der Waals surface area contributed by atoms with E-state index in [0.717, 1.165) is 16.5 Å². The van der Waals surface area contributed by atoms with Crippen LogP contribution in [-0.4, -0.2) is 26.6 Å². The molecule has 0 saturated carbocycles. The number of carbonyl (C=O) groups excluding carboxylic acids is 2. The molecular weight excluding hydrogens is 330 g/mol. The van der Waals surface area contributed by atoms with Crippen LogP contribution in [0.3, 0.4) is 0 Å². The van der Waals surface area contributed by atoms with E-state index in [4.69, 9.17) is 0 Å². The van der Waals surface area contributed by atoms with Crippen LogP contribution in [0.25, 0.3) is 10.9 Å². The number of carbonyl (C=O) groups is 2. The summed E-state index contributed by atoms with van der Waals surface area (Å²) in [6.07, 6.45) is 4.20. The number of hydrogen-bond donors (Lipinski definition) is 3. The lowest BCUT2D eigenvalue weighted by Crippen LogP contribution is -2.24. The molecule has 3 N–H and O–H groups in total. The normalized spacial score (nSPS) is 10.7. The predicted molar refractivity (Wildman–Crippen MR) is 101 cm³/mol. The highest BCUT2D eigenvalue weighted by Gasteiger charge is 2.17. The largest absolute Gasteiger partial charge is 0.350 e. The molecule has 26 heavy (non-hydrogen) atoms. The van der Waals surface area contributed by atoms with Crippen LogP contribution in [0, 0.1) is 0 Å². The summed E-state index contributed by atoms with van der Waals surface area (Å²) in [5.74, 6) is -0.596. The fourth-order valence-corrected chi connectivity index (χ4v) is 2.80. The summed E-state index contributed by atoms with van der Waals surface area (Å²) in [4.78, 5) is 24.7. The molecule has 2 heterocycles. The molecule has 0 saturated heterocycles. The van der Waals surface area contributed by atoms with E-state index >= 15 is 0 Å². The number of aryl methyl sites for hydroxylation is 1. The molecule has 0 fully saturated rings. The van der Waals surface area contributed by atoms with E-state index < -0.39 is 0 Å². The summed E-state index contributed by atoms with van der Waals surface area (Å²) in [6, 6.07) is 7.91. The van der Waals surface area contributed by atoms with Crippen molar-refractivity contribution in [1.29, 1.82) is 0 Å². The zero-order valence-corrected chi connectivity index (χ0v) is 14.8. The molecule has 7 heteroatoms. The minimum Gasteiger partial charge on any atom is -0.350 e. The highest BCUT2D eigenvalue weighted by molar-refractivity contribution is 6.03. The number of aromatic amines is 1. The second kappa shape index (κ2) is 7.26. The number of fused-ring (bicyclic) bond motifs is 1. The molecule has 2 aromatic heterocycles. The first-order valence-corrected chi connectivity index (χ1v) is 8.35. The van der Waals surface area contributed by atoms with Crippen LogP contribution < -0.4 is 10.6 Å². The Kier molecular flexibility index (Phi) is 4.88. The Morgan fingerprint density at radius 2 is 2.08 bits per heavy atom. The maximum absolute atomic E-state index is 12.5. The second-order valence-electron chi connectivity index (χ2n) is 6.08. The number of nitrogens with one attached hydrogen (secondary N) is 3. The van der Waals surface area contributed by atoms with Crippen LogP contribution in [-0.2, 0) is 18.3 Å². The number of aromatic nitrogens is 3. The highest BCUT2D eigenvalue weighted by Crippen LogP contribution is 2.21. The molecular formula is C19H21N5O2. The summed E-state index contributed by atoms with van der Waals surface area (Å²) in [5, 5.41) is 12.9. The standard InChI is InChI=1S/C19H21N5O2/c1-4-12(2)21-19(26)18-15(10-20-23-18)22-17(25)9-13-11-24(3)16-8-6-5-7-14(13)16/h5-8,10-11H,2,4,9H2,1,3H3,(H,20,23)(H,21,26)(H,22,25). The van der Waals surface area contributed by atoms with Crippen LogP contribution in [0.4, 0.5) is 5.69 Å². The zero-order chi connectivity index (χ0) is 18.7. The Hall–Kier alpha value is -3.35. The predicted octanol–water partition coefficient (Wildman–Crippen LogP) is 2.74. The van der Waals surface area contributed by atoms with Crippen molar-refractivity contribution in [2.24, 2.45) is 7.05 Å². The van der Waals surface area contributed by atoms with Gasteiger partial charge in [0, 0.05) is 29.8 Å². The van der Waals surface area contributed by atoms with Crippen LogP contribution in [0.2, 0.25) is 0 Å². The Morgan fingerprint density at radius 1 is 1.31 bits per heavy atom. The summed E-state index contributed by atoms with van der Waals surface area (Å²) < 4.78 is 1.99. The topological polar surface area (TPSA) is 91.8 Å². The Balaban J connectivity index is 1.74. The molecule has 134 valence electrons. The van der Waals surface area contributed by atoms with E-state index in [2.05, 4.69) is 27.4 Å². The van der Waals surface area contributed by atoms with Crippen molar-refractivity contribution in [3.8, 4) is 0 Å². The lowest BCUT2D eigenvalue weighted by molar-refractivity contribution is -0.115. The number of allylic oxidation sites excluding steroid dienone is 1. The monoisotopic (exact) mass is 351 g/mol. The molecule has 0 aliphatic heterocycles. The fraction of sp³-hybridized carbons (Fsp3) is 0.211. The van der Waals surface area contributed by atoms with Gasteiger partial charge in [-0.25, -0.2) is 0 Å². The smallest absolute Gasteiger partial charge is 0.275 e. The van der Waals surface area contributed by atoms with Crippen molar-refractivity contribution in [3.05, 3.63) is 60.2 Å². The first kappa shape index (κ1) is 17.5. The van der Waals surface area contributed by atoms with Crippen molar-refractivity contribution < 1.29 is 9.59 Å². The van der Waals surface area contributed by atoms with Crippen molar-refractivity contribution in [2.75, 3.05) is 5.32 Å². The summed E-state index contributed by atoms with van der Waals surface area (Å²) in [7, 11) is 1.95. The number of anilines is 1. The van der Waals surface area contributed by atoms with Gasteiger partial charge in [0.2, 0.25) is 5.91 Å². The van der Waals surface area contributed by atoms with E-state index in [1.807, 2.05) is 49.0 Å². The lowest BCUT2D eigenvalue weighted by atomic mass is 10.1. The number of hydrogen-bond acceptors (Lipinski definition) is 3. The maximum atomic E-state index is 12.5. The van der Waals surface area contributed by atoms with E-state index in [1.165, 1.54) is 6.20 Å². The van der Waals surface area contributed by atoms with Gasteiger partial charge in [-0.05, 0) is 18.1 Å². The third kappa shape index (κ3) is 3.51. The summed E-state index contributed by atoms with van der Waals surface area (Å²) in [6.45, 7) is 5.64. The lowest BCUT2D eigenvalue weighted by Gasteiger charge is -2.07. The van der Waals surface area contributed by atoms with Gasteiger partial charge in [-0.2, -0.15) is 5.10 Å². The van der Waals surface area contributed by atoms with Crippen LogP contribution in [0.1, 0.15) is 29.4 Å². The van der Waals surface area contributed by atoms with Crippen LogP contribution in [0.5, 0.6) is 0 Å². The Bertz CT molecular complexity index is 983. The molecule has 2 amide bonds. The van der Waals surface area contributed by atoms with Gasteiger partial charge >= 0.3 is 0 Å². The van der Waals surface area contributed by atoms with Crippen molar-refractivity contribution in [2.45, 2.75) is 19.8 Å². The minimum atomic E-state index is -0.380. The molecule has 3 rings (SSSR count). The first-order valence-electron chi connectivity index (χ1n) is 8.35. The molecule has 0 aliphatic carbocycles. The molecule has 0 atom stereocenters. The highest BCUT2D eigenvalue weighted by atomic mass is 16.2. The van der Waals surface area contributed by atoms with E-state index in [-0.39, 0.29) is 23.9 Å². The van der Waals surface area contributed by atoms with Crippen molar-refractivity contribution in [3.63, 3.8) is 0 Å². The van der Waals surface area contributed by atoms with Crippen molar-refractivity contribution in [1.82, 2.24) is 20.1 Å². The molecule has 0 spiro atoms. The van der Waals surface area contributed by atoms with Gasteiger partial charge in [-0.15, -0.1) is 0 Å². The summed E-state index contributed by atoms with van der Waals surface area (Å²) >= 11 is 0. The van der Waals surface area contributed by atoms with Gasteiger partial charge in [-0.3, -0.25) is 14.7 Å². The molecule has 0 radical (unpaired) electrons. The second-order valence-corrected chi connectivity index (χ2v) is 6.08. The van der Waals surface area contributed by atoms with Gasteiger partial charge in [0.1, 0.15) is 5.69 Å². The number of benzene rings is 1. The molecule has 0 bridgehead atoms. The Labute approximate surface area is 151 Å². The number of amides is 2. The van der Waals surface area contributed by atoms with Crippen molar-refractivity contribution >= 4 is 28.4 Å². The number of H-pyrrole nitrogens is 1. The molecule has 1 aromatic carbocycles. The SMILES string of the molecule is C=C(CC)NC(=O)c1[nH]ncc1NC(=O)Cc1cn(C)c2ccccc12. The third-order valence-corrected chi connectivity index (χ3v) is 4.19. The third-order valence-electron chi connectivity index (χ3n) is 4.19. The molecule has 7 nitrogen and oxygen atoms in total. The van der Waals surface area contributed by atoms with E-state index in [0.29, 0.717) is 17.8 Å². The fourth-order valence-electron chi connectivity index (χ4n) is 2.80. The molecule has 0 aliphatic rings. The Morgan fingerprint density at radius 3 is 2.85 bits per heavy atom. The van der Waals surface area contributed by atoms with Gasteiger partial charge in [0.05, 0.1) is 18.3 Å². The summed E-state index contributed by atoms with van der Waals surface area (Å²) in [5.41, 5.74) is 3.13. The number of para-hydroxylation sites is 1. The average molecular weight is 351 g/mol. The van der Waals surface area contributed by atoms with E-state index in [1.54, 1.807) is 0 Å². The minimum absolute atomic E-state index is 0.200. The quantitative estimate of drug-likeness (QED) is 0.638. The number of rotatable bonds is 6. The average Bonchev–Trinajstić information content (AvgIpc) is 3.20. The zero-order valence-electron chi connectivity index (χ0n) is 14.8. The van der Waals surface area contributed by atoms with Gasteiger partial charge < -0.3 is 15.2 Å². The van der Waals surface area contributed by atoms with Crippen LogP contribution in [0.15, 0.2) is 48.9 Å². The number of nitrogens with zero attached hydrogens (tertiary/aromatic N) is 2. The van der Waals surface area contributed by atoms with Gasteiger partial charge in [-0.1, -0.05) is 31.7 Å². The maximum Gasteiger partial charge on any atom is 0.275 e. The molecule has 3 aromatic rings.